The standard InChI is InChI=1S/C15H23NO3/c1-5-10-15(2,3)16-14(17)11-19-13-9-7-6-8-12(13)18-4/h6-9H,5,10-11H2,1-4H3,(H,16,17). The van der Waals surface area contributed by atoms with E-state index in [0.717, 1.165) is 12.8 Å². The smallest absolute Gasteiger partial charge is 0.258 e. The maximum Gasteiger partial charge on any atom is 0.258 e. The molecule has 1 N–H and O–H groups in total. The van der Waals surface area contributed by atoms with Crippen molar-refractivity contribution in [2.75, 3.05) is 13.7 Å². The van der Waals surface area contributed by atoms with Crippen LogP contribution in [-0.4, -0.2) is 25.2 Å². The van der Waals surface area contributed by atoms with Crippen LogP contribution in [0, 0.1) is 0 Å². The topological polar surface area (TPSA) is 47.6 Å². The van der Waals surface area contributed by atoms with E-state index in [1.807, 2.05) is 26.0 Å². The van der Waals surface area contributed by atoms with Gasteiger partial charge < -0.3 is 14.8 Å². The molecule has 0 aliphatic heterocycles. The number of ether oxygens (including phenoxy) is 2. The van der Waals surface area contributed by atoms with Crippen molar-refractivity contribution in [3.05, 3.63) is 24.3 Å². The van der Waals surface area contributed by atoms with E-state index in [0.29, 0.717) is 11.5 Å². The van der Waals surface area contributed by atoms with Crippen LogP contribution in [0.3, 0.4) is 0 Å². The quantitative estimate of drug-likeness (QED) is 0.824. The van der Waals surface area contributed by atoms with Crippen molar-refractivity contribution in [1.82, 2.24) is 5.32 Å². The molecule has 0 fully saturated rings. The fraction of sp³-hybridized carbons (Fsp3) is 0.533. The van der Waals surface area contributed by atoms with Crippen molar-refractivity contribution in [1.29, 1.82) is 0 Å². The summed E-state index contributed by atoms with van der Waals surface area (Å²) in [5, 5.41) is 2.96. The van der Waals surface area contributed by atoms with Crippen LogP contribution in [0.25, 0.3) is 0 Å². The Balaban J connectivity index is 2.50. The number of nitrogens with one attached hydrogen (secondary N) is 1. The van der Waals surface area contributed by atoms with Crippen molar-refractivity contribution in [2.24, 2.45) is 0 Å². The number of carbonyl (C=O) groups excluding carboxylic acids is 1. The highest BCUT2D eigenvalue weighted by Gasteiger charge is 2.19. The van der Waals surface area contributed by atoms with Gasteiger partial charge in [-0.2, -0.15) is 0 Å². The Labute approximate surface area is 115 Å². The van der Waals surface area contributed by atoms with Gasteiger partial charge in [0, 0.05) is 5.54 Å². The summed E-state index contributed by atoms with van der Waals surface area (Å²) < 4.78 is 10.6. The van der Waals surface area contributed by atoms with E-state index in [2.05, 4.69) is 12.2 Å². The number of hydrogen-bond donors (Lipinski definition) is 1. The van der Waals surface area contributed by atoms with E-state index < -0.39 is 0 Å². The number of rotatable bonds is 7. The molecule has 0 heterocycles. The fourth-order valence-corrected chi connectivity index (χ4v) is 1.98. The molecule has 0 aliphatic rings. The Morgan fingerprint density at radius 1 is 1.26 bits per heavy atom. The van der Waals surface area contributed by atoms with Crippen molar-refractivity contribution in [3.63, 3.8) is 0 Å². The summed E-state index contributed by atoms with van der Waals surface area (Å²) in [7, 11) is 1.58. The molecule has 1 aromatic rings. The number of carbonyl (C=O) groups is 1. The van der Waals surface area contributed by atoms with E-state index in [4.69, 9.17) is 9.47 Å². The lowest BCUT2D eigenvalue weighted by atomic mass is 9.99. The maximum atomic E-state index is 11.8. The van der Waals surface area contributed by atoms with Gasteiger partial charge >= 0.3 is 0 Å². The Morgan fingerprint density at radius 2 is 1.89 bits per heavy atom. The average molecular weight is 265 g/mol. The molecule has 0 unspecified atom stereocenters. The molecule has 0 saturated carbocycles. The Morgan fingerprint density at radius 3 is 2.47 bits per heavy atom. The van der Waals surface area contributed by atoms with E-state index in [-0.39, 0.29) is 18.1 Å². The molecule has 0 radical (unpaired) electrons. The number of benzene rings is 1. The van der Waals surface area contributed by atoms with Gasteiger partial charge in [0.25, 0.3) is 5.91 Å². The van der Waals surface area contributed by atoms with Crippen LogP contribution in [-0.2, 0) is 4.79 Å². The number of methoxy groups -OCH3 is 1. The van der Waals surface area contributed by atoms with Crippen LogP contribution < -0.4 is 14.8 Å². The van der Waals surface area contributed by atoms with Crippen molar-refractivity contribution < 1.29 is 14.3 Å². The van der Waals surface area contributed by atoms with Crippen LogP contribution in [0.5, 0.6) is 11.5 Å². The second-order valence-corrected chi connectivity index (χ2v) is 5.12. The van der Waals surface area contributed by atoms with Gasteiger partial charge in [0.1, 0.15) is 0 Å². The first-order valence-electron chi connectivity index (χ1n) is 6.55. The molecule has 0 saturated heterocycles. The van der Waals surface area contributed by atoms with Crippen LogP contribution >= 0.6 is 0 Å². The summed E-state index contributed by atoms with van der Waals surface area (Å²) in [5.74, 6) is 1.08. The third-order valence-electron chi connectivity index (χ3n) is 2.78. The second-order valence-electron chi connectivity index (χ2n) is 5.12. The Kier molecular flexibility index (Phi) is 5.67. The Bertz CT molecular complexity index is 416. The van der Waals surface area contributed by atoms with Gasteiger partial charge in [-0.05, 0) is 32.4 Å². The van der Waals surface area contributed by atoms with Crippen LogP contribution in [0.2, 0.25) is 0 Å². The summed E-state index contributed by atoms with van der Waals surface area (Å²) in [6, 6.07) is 7.28. The van der Waals surface area contributed by atoms with E-state index in [1.54, 1.807) is 19.2 Å². The lowest BCUT2D eigenvalue weighted by molar-refractivity contribution is -0.124. The summed E-state index contributed by atoms with van der Waals surface area (Å²) >= 11 is 0. The van der Waals surface area contributed by atoms with Gasteiger partial charge in [-0.15, -0.1) is 0 Å². The summed E-state index contributed by atoms with van der Waals surface area (Å²) in [6.45, 7) is 6.11. The molecule has 0 spiro atoms. The SMILES string of the molecule is CCCC(C)(C)NC(=O)COc1ccccc1OC. The maximum absolute atomic E-state index is 11.8. The minimum absolute atomic E-state index is 0.00643. The molecule has 4 nitrogen and oxygen atoms in total. The van der Waals surface area contributed by atoms with E-state index in [9.17, 15) is 4.79 Å². The van der Waals surface area contributed by atoms with Gasteiger partial charge in [-0.25, -0.2) is 0 Å². The van der Waals surface area contributed by atoms with E-state index >= 15 is 0 Å². The largest absolute Gasteiger partial charge is 0.493 e. The number of amides is 1. The highest BCUT2D eigenvalue weighted by atomic mass is 16.5. The highest BCUT2D eigenvalue weighted by molar-refractivity contribution is 5.78. The molecule has 19 heavy (non-hydrogen) atoms. The molecule has 1 rings (SSSR count). The van der Waals surface area contributed by atoms with Crippen molar-refractivity contribution in [2.45, 2.75) is 39.2 Å². The summed E-state index contributed by atoms with van der Waals surface area (Å²) in [5.41, 5.74) is -0.198. The molecular weight excluding hydrogens is 242 g/mol. The molecule has 0 bridgehead atoms. The third-order valence-corrected chi connectivity index (χ3v) is 2.78. The molecule has 1 aromatic carbocycles. The number of para-hydroxylation sites is 2. The van der Waals surface area contributed by atoms with Gasteiger partial charge in [0.2, 0.25) is 0 Å². The van der Waals surface area contributed by atoms with Crippen LogP contribution in [0.15, 0.2) is 24.3 Å². The molecule has 0 aromatic heterocycles. The van der Waals surface area contributed by atoms with Crippen molar-refractivity contribution >= 4 is 5.91 Å². The monoisotopic (exact) mass is 265 g/mol. The molecule has 0 atom stereocenters. The summed E-state index contributed by atoms with van der Waals surface area (Å²) in [6.07, 6.45) is 1.97. The lowest BCUT2D eigenvalue weighted by Gasteiger charge is -2.25. The first-order chi connectivity index (χ1) is 8.98. The fourth-order valence-electron chi connectivity index (χ4n) is 1.98. The minimum atomic E-state index is -0.198. The minimum Gasteiger partial charge on any atom is -0.493 e. The zero-order chi connectivity index (χ0) is 14.3. The number of hydrogen-bond acceptors (Lipinski definition) is 3. The first kappa shape index (κ1) is 15.3. The average Bonchev–Trinajstić information content (AvgIpc) is 2.36. The van der Waals surface area contributed by atoms with Crippen LogP contribution in [0.1, 0.15) is 33.6 Å². The predicted octanol–water partition coefficient (Wildman–Crippen LogP) is 2.77. The van der Waals surface area contributed by atoms with Gasteiger partial charge in [0.05, 0.1) is 7.11 Å². The Hall–Kier alpha value is -1.71. The van der Waals surface area contributed by atoms with Gasteiger partial charge in [-0.3, -0.25) is 4.79 Å². The van der Waals surface area contributed by atoms with Crippen LogP contribution in [0.4, 0.5) is 0 Å². The van der Waals surface area contributed by atoms with E-state index in [1.165, 1.54) is 0 Å². The zero-order valence-electron chi connectivity index (χ0n) is 12.2. The molecular formula is C15H23NO3. The van der Waals surface area contributed by atoms with Gasteiger partial charge in [0.15, 0.2) is 18.1 Å². The molecule has 0 aliphatic carbocycles. The van der Waals surface area contributed by atoms with Gasteiger partial charge in [-0.1, -0.05) is 25.5 Å². The normalized spacial score (nSPS) is 10.9. The molecule has 106 valence electrons. The zero-order valence-corrected chi connectivity index (χ0v) is 12.2. The first-order valence-corrected chi connectivity index (χ1v) is 6.55. The molecule has 4 heteroatoms. The summed E-state index contributed by atoms with van der Waals surface area (Å²) in [4.78, 5) is 11.8. The lowest BCUT2D eigenvalue weighted by Crippen LogP contribution is -2.45. The predicted molar refractivity (Wildman–Crippen MR) is 75.6 cm³/mol. The second kappa shape index (κ2) is 7.02. The molecule has 1 amide bonds. The third kappa shape index (κ3) is 5.20. The highest BCUT2D eigenvalue weighted by Crippen LogP contribution is 2.25. The van der Waals surface area contributed by atoms with Crippen molar-refractivity contribution in [3.8, 4) is 11.5 Å².